The summed E-state index contributed by atoms with van der Waals surface area (Å²) in [5, 5.41) is 3.67. The second-order valence-electron chi connectivity index (χ2n) is 6.46. The Kier molecular flexibility index (Phi) is 2.33. The normalized spacial score (nSPS) is 33.4. The first-order valence-electron chi connectivity index (χ1n) is 7.86. The van der Waals surface area contributed by atoms with Crippen molar-refractivity contribution < 1.29 is 14.2 Å². The van der Waals surface area contributed by atoms with Crippen molar-refractivity contribution >= 4 is 0 Å². The third-order valence-electron chi connectivity index (χ3n) is 5.70. The molecule has 1 saturated heterocycles. The molecule has 4 nitrogen and oxygen atoms in total. The Morgan fingerprint density at radius 1 is 1.23 bits per heavy atom. The van der Waals surface area contributed by atoms with Gasteiger partial charge in [0.15, 0.2) is 17.6 Å². The van der Waals surface area contributed by atoms with Gasteiger partial charge in [-0.3, -0.25) is 0 Å². The van der Waals surface area contributed by atoms with Gasteiger partial charge >= 0.3 is 0 Å². The summed E-state index contributed by atoms with van der Waals surface area (Å²) in [6.07, 6.45) is 6.31. The van der Waals surface area contributed by atoms with Crippen LogP contribution in [0, 0.1) is 0 Å². The molecule has 114 valence electrons. The van der Waals surface area contributed by atoms with E-state index in [0.29, 0.717) is 6.04 Å². The average molecular weight is 297 g/mol. The lowest BCUT2D eigenvalue weighted by molar-refractivity contribution is 0.0998. The first kappa shape index (κ1) is 12.6. The van der Waals surface area contributed by atoms with Crippen molar-refractivity contribution in [2.75, 3.05) is 20.8 Å². The molecule has 5 rings (SSSR count). The Bertz CT molecular complexity index is 736. The molecule has 1 spiro atoms. The van der Waals surface area contributed by atoms with Gasteiger partial charge in [0, 0.05) is 11.6 Å². The number of benzene rings is 1. The summed E-state index contributed by atoms with van der Waals surface area (Å²) in [5.41, 5.74) is 4.09. The van der Waals surface area contributed by atoms with Gasteiger partial charge < -0.3 is 19.5 Å². The van der Waals surface area contributed by atoms with Crippen molar-refractivity contribution in [1.29, 1.82) is 0 Å². The van der Waals surface area contributed by atoms with Crippen molar-refractivity contribution in [3.8, 4) is 11.5 Å². The van der Waals surface area contributed by atoms with Crippen LogP contribution in [-0.4, -0.2) is 32.9 Å². The summed E-state index contributed by atoms with van der Waals surface area (Å²) in [7, 11) is 3.44. The topological polar surface area (TPSA) is 39.7 Å². The summed E-state index contributed by atoms with van der Waals surface area (Å²) in [6.45, 7) is 1.01. The fourth-order valence-corrected chi connectivity index (χ4v) is 4.85. The van der Waals surface area contributed by atoms with Crippen LogP contribution in [0.5, 0.6) is 11.5 Å². The number of hydrogen-bond acceptors (Lipinski definition) is 4. The number of piperidine rings is 1. The van der Waals surface area contributed by atoms with Crippen LogP contribution in [0.3, 0.4) is 0 Å². The van der Waals surface area contributed by atoms with Gasteiger partial charge in [-0.2, -0.15) is 0 Å². The van der Waals surface area contributed by atoms with Crippen LogP contribution in [0.25, 0.3) is 0 Å². The van der Waals surface area contributed by atoms with E-state index in [9.17, 15) is 0 Å². The molecule has 0 amide bonds. The van der Waals surface area contributed by atoms with Gasteiger partial charge in [-0.05, 0) is 42.7 Å². The zero-order valence-corrected chi connectivity index (χ0v) is 12.8. The minimum absolute atomic E-state index is 0.0625. The number of methoxy groups -OCH3 is 2. The van der Waals surface area contributed by atoms with E-state index in [1.807, 2.05) is 6.07 Å². The van der Waals surface area contributed by atoms with Crippen molar-refractivity contribution in [1.82, 2.24) is 5.32 Å². The second kappa shape index (κ2) is 4.07. The number of rotatable bonds is 2. The van der Waals surface area contributed by atoms with Gasteiger partial charge in [-0.15, -0.1) is 0 Å². The predicted octanol–water partition coefficient (Wildman–Crippen LogP) is 2.08. The Labute approximate surface area is 129 Å². The van der Waals surface area contributed by atoms with E-state index in [0.717, 1.165) is 36.6 Å². The lowest BCUT2D eigenvalue weighted by Gasteiger charge is -2.49. The summed E-state index contributed by atoms with van der Waals surface area (Å²) < 4.78 is 17.6. The zero-order valence-electron chi connectivity index (χ0n) is 12.8. The summed E-state index contributed by atoms with van der Waals surface area (Å²) >= 11 is 0. The van der Waals surface area contributed by atoms with Crippen LogP contribution in [0.4, 0.5) is 0 Å². The predicted molar refractivity (Wildman–Crippen MR) is 82.4 cm³/mol. The van der Waals surface area contributed by atoms with Gasteiger partial charge in [0.05, 0.1) is 19.6 Å². The maximum absolute atomic E-state index is 6.42. The fourth-order valence-electron chi connectivity index (χ4n) is 4.85. The van der Waals surface area contributed by atoms with E-state index >= 15 is 0 Å². The van der Waals surface area contributed by atoms with Crippen LogP contribution in [-0.2, 0) is 16.6 Å². The maximum atomic E-state index is 6.42. The van der Waals surface area contributed by atoms with Crippen molar-refractivity contribution in [2.24, 2.45) is 0 Å². The monoisotopic (exact) mass is 297 g/mol. The van der Waals surface area contributed by atoms with E-state index in [1.165, 1.54) is 16.7 Å². The van der Waals surface area contributed by atoms with E-state index < -0.39 is 0 Å². The number of hydrogen-bond donors (Lipinski definition) is 1. The van der Waals surface area contributed by atoms with Gasteiger partial charge in [-0.1, -0.05) is 12.1 Å². The minimum atomic E-state index is -0.0759. The van der Waals surface area contributed by atoms with Gasteiger partial charge in [0.1, 0.15) is 5.76 Å². The summed E-state index contributed by atoms with van der Waals surface area (Å²) in [5.74, 6) is 2.66. The van der Waals surface area contributed by atoms with Gasteiger partial charge in [0.25, 0.3) is 0 Å². The van der Waals surface area contributed by atoms with Crippen molar-refractivity contribution in [2.45, 2.75) is 30.4 Å². The molecule has 0 radical (unpaired) electrons. The third kappa shape index (κ3) is 1.24. The first-order valence-corrected chi connectivity index (χ1v) is 7.86. The molecule has 1 aromatic rings. The molecule has 2 bridgehead atoms. The Hall–Kier alpha value is -1.94. The molecule has 0 saturated carbocycles. The molecule has 2 heterocycles. The van der Waals surface area contributed by atoms with E-state index in [-0.39, 0.29) is 11.5 Å². The van der Waals surface area contributed by atoms with Gasteiger partial charge in [-0.25, -0.2) is 0 Å². The zero-order chi connectivity index (χ0) is 14.9. The molecule has 22 heavy (non-hydrogen) atoms. The van der Waals surface area contributed by atoms with Crippen LogP contribution in [0.1, 0.15) is 17.5 Å². The molecule has 2 aliphatic heterocycles. The standard InChI is InChI=1S/C18H19NO3/c1-20-13-5-3-10-9-12-11-4-6-14(21-2)17-18(11,7-8-19-12)15(10)16(13)22-17/h3-6,12,17,19H,7-9H2,1-2H3. The third-order valence-corrected chi connectivity index (χ3v) is 5.70. The van der Waals surface area contributed by atoms with E-state index in [4.69, 9.17) is 14.2 Å². The minimum Gasteiger partial charge on any atom is -0.497 e. The van der Waals surface area contributed by atoms with Crippen LogP contribution >= 0.6 is 0 Å². The molecule has 1 fully saturated rings. The molecule has 2 aliphatic carbocycles. The van der Waals surface area contributed by atoms with Gasteiger partial charge in [0.2, 0.25) is 0 Å². The highest BCUT2D eigenvalue weighted by atomic mass is 16.6. The molecule has 1 N–H and O–H groups in total. The quantitative estimate of drug-likeness (QED) is 0.907. The molecule has 4 heteroatoms. The second-order valence-corrected chi connectivity index (χ2v) is 6.46. The molecular weight excluding hydrogens is 278 g/mol. The molecule has 3 atom stereocenters. The fraction of sp³-hybridized carbons (Fsp3) is 0.444. The summed E-state index contributed by atoms with van der Waals surface area (Å²) in [6, 6.07) is 4.64. The van der Waals surface area contributed by atoms with E-state index in [1.54, 1.807) is 14.2 Å². The summed E-state index contributed by atoms with van der Waals surface area (Å²) in [4.78, 5) is 0. The number of allylic oxidation sites excluding steroid dienone is 2. The highest BCUT2D eigenvalue weighted by Gasteiger charge is 2.61. The Morgan fingerprint density at radius 2 is 2.14 bits per heavy atom. The Balaban J connectivity index is 1.85. The molecular formula is C18H19NO3. The van der Waals surface area contributed by atoms with Crippen LogP contribution in [0.2, 0.25) is 0 Å². The molecule has 4 aliphatic rings. The molecule has 1 aromatic carbocycles. The van der Waals surface area contributed by atoms with Crippen molar-refractivity contribution in [3.05, 3.63) is 46.7 Å². The first-order chi connectivity index (χ1) is 10.8. The molecule has 3 unspecified atom stereocenters. The Morgan fingerprint density at radius 3 is 2.95 bits per heavy atom. The smallest absolute Gasteiger partial charge is 0.169 e. The van der Waals surface area contributed by atoms with Crippen LogP contribution in [0.15, 0.2) is 35.6 Å². The highest BCUT2D eigenvalue weighted by molar-refractivity contribution is 5.67. The average Bonchev–Trinajstić information content (AvgIpc) is 2.88. The highest BCUT2D eigenvalue weighted by Crippen LogP contribution is 2.61. The van der Waals surface area contributed by atoms with E-state index in [2.05, 4.69) is 23.5 Å². The largest absolute Gasteiger partial charge is 0.497 e. The van der Waals surface area contributed by atoms with Crippen LogP contribution < -0.4 is 14.8 Å². The molecule has 0 aromatic heterocycles. The number of ether oxygens (including phenoxy) is 3. The maximum Gasteiger partial charge on any atom is 0.169 e. The number of nitrogens with one attached hydrogen (secondary N) is 1. The van der Waals surface area contributed by atoms with Crippen molar-refractivity contribution in [3.63, 3.8) is 0 Å². The SMILES string of the molecule is COC1=CC=C2C3Cc4ccc(OC)c5c4C2(CCN3)C1O5. The lowest BCUT2D eigenvalue weighted by Crippen LogP contribution is -2.58. The lowest BCUT2D eigenvalue weighted by atomic mass is 9.58.